The number of hydrogen-bond donors (Lipinski definition) is 1. The van der Waals surface area contributed by atoms with Crippen molar-refractivity contribution in [3.63, 3.8) is 0 Å². The van der Waals surface area contributed by atoms with Crippen LogP contribution in [0.4, 0.5) is 0 Å². The molecule has 4 nitrogen and oxygen atoms in total. The van der Waals surface area contributed by atoms with Gasteiger partial charge in [0.05, 0.1) is 7.11 Å². The van der Waals surface area contributed by atoms with E-state index < -0.39 is 17.4 Å². The van der Waals surface area contributed by atoms with Gasteiger partial charge in [-0.15, -0.1) is 0 Å². The second-order valence-corrected chi connectivity index (χ2v) is 9.66. The summed E-state index contributed by atoms with van der Waals surface area (Å²) in [5, 5.41) is 3.09. The Bertz CT molecular complexity index is 1440. The molecule has 5 aromatic rings. The maximum atomic E-state index is 14.6. The third kappa shape index (κ3) is 5.43. The van der Waals surface area contributed by atoms with Gasteiger partial charge in [0.1, 0.15) is 11.5 Å². The normalized spacial score (nSPS) is 11.8. The van der Waals surface area contributed by atoms with Crippen molar-refractivity contribution in [2.24, 2.45) is 0 Å². The fourth-order valence-electron chi connectivity index (χ4n) is 5.26. The zero-order valence-electron chi connectivity index (χ0n) is 22.4. The molecule has 4 heteroatoms. The molecule has 0 spiro atoms. The van der Waals surface area contributed by atoms with Crippen LogP contribution in [-0.4, -0.2) is 25.0 Å². The minimum Gasteiger partial charge on any atom is -0.467 e. The van der Waals surface area contributed by atoms with Gasteiger partial charge in [-0.2, -0.15) is 0 Å². The molecule has 0 aliphatic rings. The molecule has 0 aromatic heterocycles. The smallest absolute Gasteiger partial charge is 0.328 e. The van der Waals surface area contributed by atoms with Gasteiger partial charge in [0.15, 0.2) is 0 Å². The van der Waals surface area contributed by atoms with Gasteiger partial charge in [-0.25, -0.2) is 4.79 Å². The lowest BCUT2D eigenvalue weighted by atomic mass is 9.68. The Morgan fingerprint density at radius 1 is 0.600 bits per heavy atom. The predicted molar refractivity (Wildman–Crippen MR) is 159 cm³/mol. The highest BCUT2D eigenvalue weighted by Gasteiger charge is 2.45. The zero-order chi connectivity index (χ0) is 27.8. The van der Waals surface area contributed by atoms with Crippen LogP contribution in [0.15, 0.2) is 146 Å². The zero-order valence-corrected chi connectivity index (χ0v) is 22.4. The summed E-state index contributed by atoms with van der Waals surface area (Å²) in [6.07, 6.45) is 0.294. The van der Waals surface area contributed by atoms with E-state index in [0.29, 0.717) is 6.42 Å². The van der Waals surface area contributed by atoms with Crippen molar-refractivity contribution in [3.8, 4) is 11.1 Å². The van der Waals surface area contributed by atoms with Crippen LogP contribution < -0.4 is 5.32 Å². The molecular formula is C36H31NO3. The van der Waals surface area contributed by atoms with Crippen molar-refractivity contribution in [2.45, 2.75) is 17.9 Å². The molecular weight excluding hydrogens is 494 g/mol. The van der Waals surface area contributed by atoms with Crippen LogP contribution in [0.25, 0.3) is 11.1 Å². The fourth-order valence-corrected chi connectivity index (χ4v) is 5.26. The molecule has 0 saturated carbocycles. The number of nitrogens with one attached hydrogen (secondary N) is 1. The van der Waals surface area contributed by atoms with E-state index in [1.165, 1.54) is 7.11 Å². The Morgan fingerprint density at radius 3 is 1.43 bits per heavy atom. The number of methoxy groups -OCH3 is 1. The summed E-state index contributed by atoms with van der Waals surface area (Å²) in [5.41, 5.74) is 4.35. The van der Waals surface area contributed by atoms with Gasteiger partial charge in [-0.1, -0.05) is 146 Å². The highest BCUT2D eigenvalue weighted by molar-refractivity contribution is 5.98. The summed E-state index contributed by atoms with van der Waals surface area (Å²) >= 11 is 0. The topological polar surface area (TPSA) is 55.4 Å². The van der Waals surface area contributed by atoms with Crippen molar-refractivity contribution >= 4 is 11.9 Å². The highest BCUT2D eigenvalue weighted by Crippen LogP contribution is 2.39. The quantitative estimate of drug-likeness (QED) is 0.175. The summed E-state index contributed by atoms with van der Waals surface area (Å²) < 4.78 is 5.15. The molecule has 0 heterocycles. The van der Waals surface area contributed by atoms with Crippen LogP contribution >= 0.6 is 0 Å². The van der Waals surface area contributed by atoms with E-state index in [2.05, 4.69) is 17.4 Å². The van der Waals surface area contributed by atoms with Crippen molar-refractivity contribution in [1.82, 2.24) is 5.32 Å². The Balaban J connectivity index is 1.53. The third-order valence-electron chi connectivity index (χ3n) is 7.25. The lowest BCUT2D eigenvalue weighted by Crippen LogP contribution is -2.52. The Labute approximate surface area is 235 Å². The number of rotatable bonds is 9. The molecule has 1 amide bonds. The maximum absolute atomic E-state index is 14.6. The van der Waals surface area contributed by atoms with E-state index in [0.717, 1.165) is 33.4 Å². The molecule has 0 radical (unpaired) electrons. The SMILES string of the molecule is COC(=O)[C@@H](Cc1ccc(-c2ccccc2)cc1)NC(=O)C(c1ccccc1)(c1ccccc1)c1ccccc1. The van der Waals surface area contributed by atoms with Crippen molar-refractivity contribution in [1.29, 1.82) is 0 Å². The second kappa shape index (κ2) is 12.3. The number of carbonyl (C=O) groups is 2. The molecule has 0 aliphatic heterocycles. The van der Waals surface area contributed by atoms with Crippen molar-refractivity contribution in [2.75, 3.05) is 7.11 Å². The molecule has 0 aliphatic carbocycles. The molecule has 5 rings (SSSR count). The average molecular weight is 526 g/mol. The van der Waals surface area contributed by atoms with Crippen LogP contribution in [0.3, 0.4) is 0 Å². The molecule has 0 bridgehead atoms. The van der Waals surface area contributed by atoms with Gasteiger partial charge in [0.2, 0.25) is 5.91 Å². The van der Waals surface area contributed by atoms with Crippen LogP contribution in [0.2, 0.25) is 0 Å². The number of amides is 1. The first-order valence-electron chi connectivity index (χ1n) is 13.3. The first kappa shape index (κ1) is 26.6. The fraction of sp³-hybridized carbons (Fsp3) is 0.111. The summed E-state index contributed by atoms with van der Waals surface area (Å²) in [4.78, 5) is 27.6. The number of carbonyl (C=O) groups excluding carboxylic acids is 2. The van der Waals surface area contributed by atoms with Crippen LogP contribution in [0.1, 0.15) is 22.3 Å². The standard InChI is InChI=1S/C36H31NO3/c1-40-34(38)33(26-27-22-24-29(25-23-27)28-14-6-2-7-15-28)37-35(39)36(30-16-8-3-9-17-30,31-18-10-4-11-19-31)32-20-12-5-13-21-32/h2-25,33H,26H2,1H3,(H,37,39)/t33-/m1/s1. The monoisotopic (exact) mass is 525 g/mol. The molecule has 0 unspecified atom stereocenters. The Hall–Kier alpha value is -4.96. The maximum Gasteiger partial charge on any atom is 0.328 e. The summed E-state index contributed by atoms with van der Waals surface area (Å²) in [7, 11) is 1.35. The predicted octanol–water partition coefficient (Wildman–Crippen LogP) is 6.59. The third-order valence-corrected chi connectivity index (χ3v) is 7.25. The molecule has 40 heavy (non-hydrogen) atoms. The second-order valence-electron chi connectivity index (χ2n) is 9.66. The average Bonchev–Trinajstić information content (AvgIpc) is 3.03. The van der Waals surface area contributed by atoms with Gasteiger partial charge < -0.3 is 10.1 Å². The van der Waals surface area contributed by atoms with E-state index in [9.17, 15) is 9.59 Å². The van der Waals surface area contributed by atoms with Gasteiger partial charge >= 0.3 is 5.97 Å². The first-order chi connectivity index (χ1) is 19.6. The van der Waals surface area contributed by atoms with Crippen molar-refractivity contribution < 1.29 is 14.3 Å². The van der Waals surface area contributed by atoms with Crippen LogP contribution in [0.5, 0.6) is 0 Å². The largest absolute Gasteiger partial charge is 0.467 e. The van der Waals surface area contributed by atoms with Gasteiger partial charge in [-0.05, 0) is 33.4 Å². The number of esters is 1. The van der Waals surface area contributed by atoms with E-state index in [1.807, 2.05) is 133 Å². The Morgan fingerprint density at radius 2 is 1.00 bits per heavy atom. The van der Waals surface area contributed by atoms with E-state index in [1.54, 1.807) is 0 Å². The van der Waals surface area contributed by atoms with E-state index in [4.69, 9.17) is 4.74 Å². The number of benzene rings is 5. The minimum absolute atomic E-state index is 0.294. The molecule has 1 atom stereocenters. The lowest BCUT2D eigenvalue weighted by Gasteiger charge is -2.35. The van der Waals surface area contributed by atoms with E-state index >= 15 is 0 Å². The van der Waals surface area contributed by atoms with Crippen molar-refractivity contribution in [3.05, 3.63) is 168 Å². The molecule has 0 saturated heterocycles. The van der Waals surface area contributed by atoms with E-state index in [-0.39, 0.29) is 5.91 Å². The minimum atomic E-state index is -1.19. The summed E-state index contributed by atoms with van der Waals surface area (Å²) in [6.45, 7) is 0. The summed E-state index contributed by atoms with van der Waals surface area (Å²) in [6, 6.07) is 46.3. The number of ether oxygens (including phenoxy) is 1. The Kier molecular flexibility index (Phi) is 8.17. The first-order valence-corrected chi connectivity index (χ1v) is 13.3. The van der Waals surface area contributed by atoms with Crippen LogP contribution in [0, 0.1) is 0 Å². The molecule has 1 N–H and O–H groups in total. The summed E-state index contributed by atoms with van der Waals surface area (Å²) in [5.74, 6) is -0.795. The highest BCUT2D eigenvalue weighted by atomic mass is 16.5. The molecule has 0 fully saturated rings. The van der Waals surface area contributed by atoms with Gasteiger partial charge in [0, 0.05) is 6.42 Å². The van der Waals surface area contributed by atoms with Gasteiger partial charge in [-0.3, -0.25) is 4.79 Å². The van der Waals surface area contributed by atoms with Gasteiger partial charge in [0.25, 0.3) is 0 Å². The molecule has 198 valence electrons. The lowest BCUT2D eigenvalue weighted by molar-refractivity contribution is -0.145. The molecule has 5 aromatic carbocycles. The van der Waals surface area contributed by atoms with Crippen LogP contribution in [-0.2, 0) is 26.2 Å². The number of hydrogen-bond acceptors (Lipinski definition) is 3.